The second-order valence-electron chi connectivity index (χ2n) is 7.77. The van der Waals surface area contributed by atoms with Crippen molar-refractivity contribution in [2.75, 3.05) is 7.11 Å². The molecule has 4 rings (SSSR count). The monoisotopic (exact) mass is 575 g/mol. The SMILES string of the molecule is COc1cc(/C=C2/SC(=S)N(NC(=O)c3ccccc3)C2=O)ccc1Oc1ccc(C(F)(F)F)cc1[N+](=O)[O-]. The van der Waals surface area contributed by atoms with Gasteiger partial charge in [0, 0.05) is 11.6 Å². The first-order valence-corrected chi connectivity index (χ1v) is 12.1. The number of thioether (sulfide) groups is 1. The van der Waals surface area contributed by atoms with Crippen molar-refractivity contribution in [3.05, 3.63) is 98.4 Å². The highest BCUT2D eigenvalue weighted by Crippen LogP contribution is 2.41. The topological polar surface area (TPSA) is 111 Å². The van der Waals surface area contributed by atoms with Gasteiger partial charge in [-0.1, -0.05) is 36.0 Å². The molecule has 0 unspecified atom stereocenters. The number of hydrazine groups is 1. The minimum atomic E-state index is -4.77. The second kappa shape index (κ2) is 11.1. The first-order chi connectivity index (χ1) is 18.5. The van der Waals surface area contributed by atoms with Crippen LogP contribution in [-0.2, 0) is 11.0 Å². The van der Waals surface area contributed by atoms with Crippen LogP contribution in [-0.4, -0.2) is 33.2 Å². The number of ether oxygens (including phenoxy) is 2. The maximum atomic E-state index is 13.0. The molecule has 1 fully saturated rings. The fourth-order valence-electron chi connectivity index (χ4n) is 3.37. The molecule has 0 bridgehead atoms. The largest absolute Gasteiger partial charge is 0.493 e. The summed E-state index contributed by atoms with van der Waals surface area (Å²) in [6, 6.07) is 14.5. The van der Waals surface area contributed by atoms with Crippen LogP contribution in [0.2, 0.25) is 0 Å². The lowest BCUT2D eigenvalue weighted by Gasteiger charge is -2.15. The van der Waals surface area contributed by atoms with Crippen LogP contribution in [0, 0.1) is 10.1 Å². The molecule has 0 spiro atoms. The molecule has 1 heterocycles. The van der Waals surface area contributed by atoms with Crippen LogP contribution in [0.1, 0.15) is 21.5 Å². The van der Waals surface area contributed by atoms with Gasteiger partial charge in [0.25, 0.3) is 11.8 Å². The van der Waals surface area contributed by atoms with Crippen molar-refractivity contribution in [1.29, 1.82) is 0 Å². The number of nitrogens with zero attached hydrogens (tertiary/aromatic N) is 2. The Balaban J connectivity index is 1.56. The fraction of sp³-hybridized carbons (Fsp3) is 0.0800. The molecule has 1 aliphatic heterocycles. The number of carbonyl (C=O) groups excluding carboxylic acids is 2. The van der Waals surface area contributed by atoms with E-state index in [9.17, 15) is 32.9 Å². The minimum absolute atomic E-state index is 0.0137. The molecule has 0 aliphatic carbocycles. The van der Waals surface area contributed by atoms with Crippen molar-refractivity contribution in [3.8, 4) is 17.2 Å². The lowest BCUT2D eigenvalue weighted by Crippen LogP contribution is -2.44. The van der Waals surface area contributed by atoms with E-state index in [0.29, 0.717) is 23.3 Å². The van der Waals surface area contributed by atoms with Crippen molar-refractivity contribution < 1.29 is 37.2 Å². The number of amides is 2. The fourth-order valence-corrected chi connectivity index (χ4v) is 4.55. The molecule has 1 saturated heterocycles. The Labute approximate surface area is 228 Å². The molecule has 3 aromatic carbocycles. The van der Waals surface area contributed by atoms with E-state index in [-0.39, 0.29) is 20.7 Å². The van der Waals surface area contributed by atoms with Crippen molar-refractivity contribution in [3.63, 3.8) is 0 Å². The van der Waals surface area contributed by atoms with E-state index in [4.69, 9.17) is 21.7 Å². The Hall–Kier alpha value is -4.43. The summed E-state index contributed by atoms with van der Waals surface area (Å²) < 4.78 is 49.9. The first kappa shape index (κ1) is 27.6. The molecule has 9 nitrogen and oxygen atoms in total. The van der Waals surface area contributed by atoms with E-state index in [1.165, 1.54) is 31.4 Å². The third-order valence-electron chi connectivity index (χ3n) is 5.23. The number of nitrogens with one attached hydrogen (secondary N) is 1. The molecule has 200 valence electrons. The van der Waals surface area contributed by atoms with Gasteiger partial charge in [-0.2, -0.15) is 18.2 Å². The molecule has 2 amide bonds. The summed E-state index contributed by atoms with van der Waals surface area (Å²) in [6.45, 7) is 0. The highest BCUT2D eigenvalue weighted by molar-refractivity contribution is 8.26. The van der Waals surface area contributed by atoms with Crippen LogP contribution in [0.3, 0.4) is 0 Å². The number of halogens is 3. The summed E-state index contributed by atoms with van der Waals surface area (Å²) in [7, 11) is 1.30. The third kappa shape index (κ3) is 6.18. The molecule has 0 saturated carbocycles. The van der Waals surface area contributed by atoms with Crippen molar-refractivity contribution in [2.45, 2.75) is 6.18 Å². The normalized spacial score (nSPS) is 14.5. The summed E-state index contributed by atoms with van der Waals surface area (Å²) in [5, 5.41) is 12.3. The van der Waals surface area contributed by atoms with Crippen LogP contribution in [0.5, 0.6) is 17.2 Å². The van der Waals surface area contributed by atoms with E-state index in [1.807, 2.05) is 0 Å². The Kier molecular flexibility index (Phi) is 7.88. The number of carbonyl (C=O) groups is 2. The van der Waals surface area contributed by atoms with Crippen LogP contribution in [0.25, 0.3) is 6.08 Å². The van der Waals surface area contributed by atoms with Crippen molar-refractivity contribution >= 4 is 51.9 Å². The lowest BCUT2D eigenvalue weighted by molar-refractivity contribution is -0.385. The summed E-state index contributed by atoms with van der Waals surface area (Å²) in [5.74, 6) is -1.43. The molecule has 0 radical (unpaired) electrons. The zero-order chi connectivity index (χ0) is 28.3. The Morgan fingerprint density at radius 2 is 1.77 bits per heavy atom. The van der Waals surface area contributed by atoms with E-state index >= 15 is 0 Å². The molecule has 1 N–H and O–H groups in total. The number of benzene rings is 3. The summed E-state index contributed by atoms with van der Waals surface area (Å²) in [5.41, 5.74) is 1.19. The first-order valence-electron chi connectivity index (χ1n) is 10.8. The van der Waals surface area contributed by atoms with Gasteiger partial charge in [-0.25, -0.2) is 0 Å². The number of hydrogen-bond donors (Lipinski definition) is 1. The number of rotatable bonds is 7. The zero-order valence-corrected chi connectivity index (χ0v) is 21.4. The average molecular weight is 576 g/mol. The van der Waals surface area contributed by atoms with E-state index in [2.05, 4.69) is 5.43 Å². The standard InChI is InChI=1S/C25H16F3N3O6S2/c1-36-20-11-14(7-9-19(20)37-18-10-8-16(25(26,27)28)13-17(18)31(34)35)12-21-23(33)30(24(38)39-21)29-22(32)15-5-3-2-4-6-15/h2-13H,1H3,(H,29,32)/b21-12+. The van der Waals surface area contributed by atoms with E-state index in [1.54, 1.807) is 30.3 Å². The molecule has 1 aliphatic rings. The van der Waals surface area contributed by atoms with Crippen molar-refractivity contribution in [2.24, 2.45) is 0 Å². The van der Waals surface area contributed by atoms with Gasteiger partial charge in [0.1, 0.15) is 0 Å². The Morgan fingerprint density at radius 1 is 1.08 bits per heavy atom. The highest BCUT2D eigenvalue weighted by atomic mass is 32.2. The van der Waals surface area contributed by atoms with Crippen molar-refractivity contribution in [1.82, 2.24) is 10.4 Å². The number of thiocarbonyl (C=S) groups is 1. The van der Waals surface area contributed by atoms with Crippen LogP contribution in [0.4, 0.5) is 18.9 Å². The number of hydrogen-bond acceptors (Lipinski definition) is 8. The maximum Gasteiger partial charge on any atom is 0.416 e. The average Bonchev–Trinajstić information content (AvgIpc) is 3.16. The summed E-state index contributed by atoms with van der Waals surface area (Å²) in [4.78, 5) is 35.9. The van der Waals surface area contributed by atoms with Gasteiger partial charge in [-0.05, 0) is 60.3 Å². The van der Waals surface area contributed by atoms with E-state index < -0.39 is 39.9 Å². The number of nitro groups is 1. The van der Waals surface area contributed by atoms with Crippen LogP contribution < -0.4 is 14.9 Å². The summed E-state index contributed by atoms with van der Waals surface area (Å²) in [6.07, 6.45) is -3.28. The molecule has 0 atom stereocenters. The molecule has 3 aromatic rings. The van der Waals surface area contributed by atoms with E-state index in [0.717, 1.165) is 22.8 Å². The Bertz CT molecular complexity index is 1510. The van der Waals surface area contributed by atoms with Gasteiger partial charge in [0.2, 0.25) is 5.75 Å². The van der Waals surface area contributed by atoms with Gasteiger partial charge in [-0.15, -0.1) is 0 Å². The smallest absolute Gasteiger partial charge is 0.416 e. The second-order valence-corrected chi connectivity index (χ2v) is 9.45. The maximum absolute atomic E-state index is 13.0. The number of nitro benzene ring substituents is 1. The molecular formula is C25H16F3N3O6S2. The highest BCUT2D eigenvalue weighted by Gasteiger charge is 2.35. The predicted molar refractivity (Wildman–Crippen MR) is 140 cm³/mol. The number of methoxy groups -OCH3 is 1. The number of alkyl halides is 3. The third-order valence-corrected chi connectivity index (χ3v) is 6.53. The molecule has 39 heavy (non-hydrogen) atoms. The van der Waals surface area contributed by atoms with Crippen LogP contribution in [0.15, 0.2) is 71.6 Å². The lowest BCUT2D eigenvalue weighted by atomic mass is 10.1. The minimum Gasteiger partial charge on any atom is -0.493 e. The van der Waals surface area contributed by atoms with Gasteiger partial charge >= 0.3 is 11.9 Å². The zero-order valence-electron chi connectivity index (χ0n) is 19.7. The quantitative estimate of drug-likeness (QED) is 0.159. The molecular weight excluding hydrogens is 559 g/mol. The molecule has 0 aromatic heterocycles. The van der Waals surface area contributed by atoms with Gasteiger partial charge in [0.15, 0.2) is 15.8 Å². The molecule has 14 heteroatoms. The van der Waals surface area contributed by atoms with Crippen LogP contribution >= 0.6 is 24.0 Å². The predicted octanol–water partition coefficient (Wildman–Crippen LogP) is 5.96. The Morgan fingerprint density at radius 3 is 2.41 bits per heavy atom. The van der Waals surface area contributed by atoms with Gasteiger partial charge in [-0.3, -0.25) is 25.1 Å². The van der Waals surface area contributed by atoms with Gasteiger partial charge in [0.05, 0.1) is 22.5 Å². The summed E-state index contributed by atoms with van der Waals surface area (Å²) >= 11 is 6.19. The van der Waals surface area contributed by atoms with Gasteiger partial charge < -0.3 is 9.47 Å².